The lowest BCUT2D eigenvalue weighted by Crippen LogP contribution is -2.08. The van der Waals surface area contributed by atoms with E-state index in [0.29, 0.717) is 22.5 Å². The molecule has 0 aliphatic carbocycles. The average Bonchev–Trinajstić information content (AvgIpc) is 2.72. The Morgan fingerprint density at radius 2 is 1.82 bits per heavy atom. The maximum atomic E-state index is 11.2. The number of ether oxygens (including phenoxy) is 2. The topological polar surface area (TPSA) is 48.7 Å². The van der Waals surface area contributed by atoms with Crippen LogP contribution in [0.5, 0.6) is 5.75 Å². The van der Waals surface area contributed by atoms with Crippen LogP contribution in [0.25, 0.3) is 22.1 Å². The molecule has 2 aromatic carbocycles. The Morgan fingerprint density at radius 3 is 2.54 bits per heavy atom. The van der Waals surface area contributed by atoms with Crippen molar-refractivity contribution in [3.05, 3.63) is 58.3 Å². The van der Waals surface area contributed by atoms with Gasteiger partial charge in [-0.3, -0.25) is 4.79 Å². The molecule has 4 nitrogen and oxygen atoms in total. The fourth-order valence-electron chi connectivity index (χ4n) is 3.06. The predicted molar refractivity (Wildman–Crippen MR) is 113 cm³/mol. The number of rotatable bonds is 7. The molecule has 3 rings (SSSR count). The van der Waals surface area contributed by atoms with Crippen molar-refractivity contribution < 1.29 is 18.7 Å². The van der Waals surface area contributed by atoms with E-state index in [-0.39, 0.29) is 12.8 Å². The van der Waals surface area contributed by atoms with Crippen molar-refractivity contribution in [2.24, 2.45) is 0 Å². The van der Waals surface area contributed by atoms with E-state index >= 15 is 0 Å². The SMILES string of the molecule is CCC(=O)OCOc1ccc2cc(-c3ccc(CC)cc3CC)c(=S)oc2c1. The molecule has 28 heavy (non-hydrogen) atoms. The third kappa shape index (κ3) is 4.42. The molecule has 0 fully saturated rings. The molecule has 0 aliphatic rings. The lowest BCUT2D eigenvalue weighted by Gasteiger charge is -2.12. The van der Waals surface area contributed by atoms with Gasteiger partial charge in [-0.05, 0) is 59.9 Å². The molecule has 0 atom stereocenters. The van der Waals surface area contributed by atoms with E-state index in [0.717, 1.165) is 29.4 Å². The molecule has 0 radical (unpaired) electrons. The Morgan fingerprint density at radius 1 is 1.00 bits per heavy atom. The molecule has 0 N–H and O–H groups in total. The molecule has 0 spiro atoms. The first-order valence-corrected chi connectivity index (χ1v) is 9.95. The largest absolute Gasteiger partial charge is 0.457 e. The smallest absolute Gasteiger partial charge is 0.308 e. The van der Waals surface area contributed by atoms with Crippen molar-refractivity contribution in [1.82, 2.24) is 0 Å². The molecule has 3 aromatic rings. The molecular formula is C23H24O4S. The first-order valence-electron chi connectivity index (χ1n) is 9.54. The number of aryl methyl sites for hydroxylation is 2. The summed E-state index contributed by atoms with van der Waals surface area (Å²) in [6, 6.07) is 14.1. The number of hydrogen-bond acceptors (Lipinski definition) is 5. The van der Waals surface area contributed by atoms with Gasteiger partial charge in [0.1, 0.15) is 11.3 Å². The van der Waals surface area contributed by atoms with Gasteiger partial charge in [-0.2, -0.15) is 0 Å². The lowest BCUT2D eigenvalue weighted by molar-refractivity contribution is -0.149. The second-order valence-corrected chi connectivity index (χ2v) is 6.85. The zero-order valence-electron chi connectivity index (χ0n) is 16.4. The standard InChI is InChI=1S/C23H24O4S/c1-4-15-7-10-19(16(5-2)11-15)20-12-17-8-9-18(13-21(17)27-23(20)28)25-14-26-22(24)6-3/h7-13H,4-6,14H2,1-3H3. The summed E-state index contributed by atoms with van der Waals surface area (Å²) in [5, 5.41) is 0.933. The van der Waals surface area contributed by atoms with Crippen LogP contribution in [0, 0.1) is 4.71 Å². The quantitative estimate of drug-likeness (QED) is 0.269. The summed E-state index contributed by atoms with van der Waals surface area (Å²) < 4.78 is 16.8. The number of fused-ring (bicyclic) bond motifs is 1. The minimum atomic E-state index is -0.302. The van der Waals surface area contributed by atoms with Crippen LogP contribution in [0.1, 0.15) is 38.3 Å². The minimum absolute atomic E-state index is 0.124. The Hall–Kier alpha value is -2.66. The Labute approximate surface area is 170 Å². The van der Waals surface area contributed by atoms with Gasteiger partial charge >= 0.3 is 5.97 Å². The normalized spacial score (nSPS) is 10.8. The molecule has 5 heteroatoms. The molecule has 0 bridgehead atoms. The van der Waals surface area contributed by atoms with Gasteiger partial charge in [-0.1, -0.05) is 39.0 Å². The van der Waals surface area contributed by atoms with Gasteiger partial charge in [0.15, 0.2) is 4.71 Å². The molecule has 0 unspecified atom stereocenters. The third-order valence-corrected chi connectivity index (χ3v) is 4.99. The first kappa shape index (κ1) is 20.1. The van der Waals surface area contributed by atoms with Crippen molar-refractivity contribution in [2.45, 2.75) is 40.0 Å². The van der Waals surface area contributed by atoms with Gasteiger partial charge in [-0.15, -0.1) is 0 Å². The van der Waals surface area contributed by atoms with Crippen molar-refractivity contribution >= 4 is 29.2 Å². The van der Waals surface area contributed by atoms with Gasteiger partial charge in [0.05, 0.1) is 0 Å². The summed E-state index contributed by atoms with van der Waals surface area (Å²) in [6.07, 6.45) is 2.25. The highest BCUT2D eigenvalue weighted by Gasteiger charge is 2.11. The summed E-state index contributed by atoms with van der Waals surface area (Å²) in [5.74, 6) is 0.257. The number of esters is 1. The van der Waals surface area contributed by atoms with Crippen LogP contribution >= 0.6 is 12.2 Å². The van der Waals surface area contributed by atoms with Gasteiger partial charge in [-0.25, -0.2) is 0 Å². The van der Waals surface area contributed by atoms with Crippen molar-refractivity contribution in [3.63, 3.8) is 0 Å². The second-order valence-electron chi connectivity index (χ2n) is 6.48. The molecule has 1 aromatic heterocycles. The predicted octanol–water partition coefficient (Wildman–Crippen LogP) is 6.24. The van der Waals surface area contributed by atoms with Crippen molar-refractivity contribution in [1.29, 1.82) is 0 Å². The summed E-state index contributed by atoms with van der Waals surface area (Å²) in [5.41, 5.74) is 5.25. The van der Waals surface area contributed by atoms with E-state index in [1.807, 2.05) is 12.1 Å². The van der Waals surface area contributed by atoms with Gasteiger partial charge in [0.25, 0.3) is 0 Å². The maximum Gasteiger partial charge on any atom is 0.308 e. The van der Waals surface area contributed by atoms with Crippen LogP contribution in [0.3, 0.4) is 0 Å². The van der Waals surface area contributed by atoms with Crippen LogP contribution in [-0.4, -0.2) is 12.8 Å². The molecule has 0 saturated carbocycles. The van der Waals surface area contributed by atoms with E-state index < -0.39 is 0 Å². The maximum absolute atomic E-state index is 11.2. The van der Waals surface area contributed by atoms with E-state index in [1.54, 1.807) is 13.0 Å². The summed E-state index contributed by atoms with van der Waals surface area (Å²) in [4.78, 5) is 11.2. The van der Waals surface area contributed by atoms with E-state index in [4.69, 9.17) is 26.1 Å². The number of carbonyl (C=O) groups is 1. The van der Waals surface area contributed by atoms with E-state index in [2.05, 4.69) is 38.1 Å². The van der Waals surface area contributed by atoms with Gasteiger partial charge in [0, 0.05) is 23.4 Å². The van der Waals surface area contributed by atoms with Gasteiger partial charge < -0.3 is 13.9 Å². The Bertz CT molecular complexity index is 1050. The number of carbonyl (C=O) groups excluding carboxylic acids is 1. The van der Waals surface area contributed by atoms with Crippen LogP contribution in [0.15, 0.2) is 46.9 Å². The Kier molecular flexibility index (Phi) is 6.47. The summed E-state index contributed by atoms with van der Waals surface area (Å²) in [6.45, 7) is 5.91. The molecule has 1 heterocycles. The van der Waals surface area contributed by atoms with Crippen LogP contribution in [0.2, 0.25) is 0 Å². The fourth-order valence-corrected chi connectivity index (χ4v) is 3.32. The fraction of sp³-hybridized carbons (Fsp3) is 0.304. The third-order valence-electron chi connectivity index (χ3n) is 4.69. The van der Waals surface area contributed by atoms with Crippen molar-refractivity contribution in [2.75, 3.05) is 6.79 Å². The zero-order valence-corrected chi connectivity index (χ0v) is 17.2. The Balaban J connectivity index is 1.93. The van der Waals surface area contributed by atoms with Gasteiger partial charge in [0.2, 0.25) is 6.79 Å². The highest BCUT2D eigenvalue weighted by Crippen LogP contribution is 2.31. The van der Waals surface area contributed by atoms with Crippen LogP contribution < -0.4 is 4.74 Å². The zero-order chi connectivity index (χ0) is 20.1. The molecular weight excluding hydrogens is 372 g/mol. The highest BCUT2D eigenvalue weighted by atomic mass is 32.1. The van der Waals surface area contributed by atoms with Crippen molar-refractivity contribution in [3.8, 4) is 16.9 Å². The molecule has 0 saturated heterocycles. The monoisotopic (exact) mass is 396 g/mol. The first-order chi connectivity index (χ1) is 13.5. The number of hydrogen-bond donors (Lipinski definition) is 0. The average molecular weight is 397 g/mol. The van der Waals surface area contributed by atoms with E-state index in [9.17, 15) is 4.79 Å². The number of benzene rings is 2. The lowest BCUT2D eigenvalue weighted by atomic mass is 9.96. The molecule has 0 amide bonds. The summed E-state index contributed by atoms with van der Waals surface area (Å²) >= 11 is 5.53. The van der Waals surface area contributed by atoms with E-state index in [1.165, 1.54) is 11.1 Å². The molecule has 0 aliphatic heterocycles. The highest BCUT2D eigenvalue weighted by molar-refractivity contribution is 7.71. The van der Waals surface area contributed by atoms with Crippen LogP contribution in [-0.2, 0) is 22.4 Å². The minimum Gasteiger partial charge on any atom is -0.457 e. The van der Waals surface area contributed by atoms with Crippen LogP contribution in [0.4, 0.5) is 0 Å². The molecule has 146 valence electrons. The summed E-state index contributed by atoms with van der Waals surface area (Å²) in [7, 11) is 0. The second kappa shape index (κ2) is 9.02.